The number of hydrogen-bond acceptors (Lipinski definition) is 3. The second-order valence-electron chi connectivity index (χ2n) is 5.61. The molecule has 3 fully saturated rings. The third-order valence-corrected chi connectivity index (χ3v) is 4.54. The van der Waals surface area contributed by atoms with Crippen LogP contribution in [0.15, 0.2) is 0 Å². The van der Waals surface area contributed by atoms with E-state index in [9.17, 15) is 0 Å². The molecule has 0 spiro atoms. The molecule has 0 aromatic carbocycles. The van der Waals surface area contributed by atoms with E-state index in [0.717, 1.165) is 18.6 Å². The lowest BCUT2D eigenvalue weighted by atomic mass is 9.89. The van der Waals surface area contributed by atoms with Crippen LogP contribution in [0.5, 0.6) is 0 Å². The fourth-order valence-corrected chi connectivity index (χ4v) is 3.36. The topological polar surface area (TPSA) is 24.5 Å². The lowest BCUT2D eigenvalue weighted by Crippen LogP contribution is -2.53. The van der Waals surface area contributed by atoms with Crippen LogP contribution in [0.3, 0.4) is 0 Å². The maximum absolute atomic E-state index is 5.91. The van der Waals surface area contributed by atoms with Crippen molar-refractivity contribution in [1.82, 2.24) is 10.2 Å². The minimum Gasteiger partial charge on any atom is -0.375 e. The highest BCUT2D eigenvalue weighted by molar-refractivity contribution is 4.88. The molecule has 0 aromatic heterocycles. The molecule has 3 heteroatoms. The molecule has 3 rings (SSSR count). The third-order valence-electron chi connectivity index (χ3n) is 4.54. The highest BCUT2D eigenvalue weighted by Crippen LogP contribution is 2.28. The Morgan fingerprint density at radius 1 is 1.19 bits per heavy atom. The van der Waals surface area contributed by atoms with E-state index < -0.39 is 0 Å². The summed E-state index contributed by atoms with van der Waals surface area (Å²) >= 11 is 0. The molecule has 0 amide bonds. The fourth-order valence-electron chi connectivity index (χ4n) is 3.36. The molecule has 1 N–H and O–H groups in total. The molecule has 0 bridgehead atoms. The van der Waals surface area contributed by atoms with Gasteiger partial charge in [0.05, 0.1) is 12.7 Å². The molecule has 0 radical (unpaired) electrons. The summed E-state index contributed by atoms with van der Waals surface area (Å²) in [5, 5.41) is 3.36. The van der Waals surface area contributed by atoms with Gasteiger partial charge in [-0.25, -0.2) is 0 Å². The van der Waals surface area contributed by atoms with Crippen molar-refractivity contribution in [1.29, 1.82) is 0 Å². The molecule has 16 heavy (non-hydrogen) atoms. The van der Waals surface area contributed by atoms with E-state index in [1.165, 1.54) is 58.3 Å². The monoisotopic (exact) mass is 224 g/mol. The summed E-state index contributed by atoms with van der Waals surface area (Å²) in [6.45, 7) is 5.93. The van der Waals surface area contributed by atoms with Crippen molar-refractivity contribution in [2.24, 2.45) is 5.92 Å². The first kappa shape index (κ1) is 11.0. The predicted octanol–water partition coefficient (Wildman–Crippen LogP) is 1.24. The first-order chi connectivity index (χ1) is 7.93. The van der Waals surface area contributed by atoms with Crippen LogP contribution >= 0.6 is 0 Å². The van der Waals surface area contributed by atoms with Crippen molar-refractivity contribution >= 4 is 0 Å². The Bertz CT molecular complexity index is 228. The summed E-state index contributed by atoms with van der Waals surface area (Å²) in [4.78, 5) is 2.71. The minimum atomic E-state index is 0.557. The molecule has 2 unspecified atom stereocenters. The van der Waals surface area contributed by atoms with Gasteiger partial charge in [-0.15, -0.1) is 0 Å². The summed E-state index contributed by atoms with van der Waals surface area (Å²) in [5.74, 6) is 0.949. The molecule has 92 valence electrons. The van der Waals surface area contributed by atoms with Crippen LogP contribution < -0.4 is 5.32 Å². The molecule has 3 aliphatic rings. The molecular weight excluding hydrogens is 200 g/mol. The van der Waals surface area contributed by atoms with Crippen LogP contribution in [-0.2, 0) is 4.74 Å². The normalized spacial score (nSPS) is 36.8. The number of ether oxygens (including phenoxy) is 1. The maximum Gasteiger partial charge on any atom is 0.0730 e. The quantitative estimate of drug-likeness (QED) is 0.780. The van der Waals surface area contributed by atoms with E-state index in [1.807, 2.05) is 0 Å². The second kappa shape index (κ2) is 5.03. The standard InChI is InChI=1S/C13H24N2O/c1-2-4-13-12(3-1)15(7-8-16-13)6-5-11-9-14-10-11/h11-14H,1-10H2. The zero-order valence-corrected chi connectivity index (χ0v) is 10.2. The first-order valence-electron chi connectivity index (χ1n) is 7.00. The number of morpholine rings is 1. The van der Waals surface area contributed by atoms with Gasteiger partial charge in [-0.3, -0.25) is 4.90 Å². The van der Waals surface area contributed by atoms with Crippen molar-refractivity contribution in [2.45, 2.75) is 44.2 Å². The number of hydrogen-bond donors (Lipinski definition) is 1. The van der Waals surface area contributed by atoms with Crippen molar-refractivity contribution < 1.29 is 4.74 Å². The minimum absolute atomic E-state index is 0.557. The third kappa shape index (κ3) is 2.27. The number of nitrogens with zero attached hydrogens (tertiary/aromatic N) is 1. The molecule has 3 nitrogen and oxygen atoms in total. The van der Waals surface area contributed by atoms with Gasteiger partial charge in [-0.2, -0.15) is 0 Å². The zero-order chi connectivity index (χ0) is 10.8. The van der Waals surface area contributed by atoms with E-state index in [0.29, 0.717) is 6.10 Å². The van der Waals surface area contributed by atoms with E-state index in [4.69, 9.17) is 4.74 Å². The summed E-state index contributed by atoms with van der Waals surface area (Å²) in [6.07, 6.45) is 7.39. The van der Waals surface area contributed by atoms with E-state index >= 15 is 0 Å². The largest absolute Gasteiger partial charge is 0.375 e. The molecule has 1 saturated carbocycles. The number of rotatable bonds is 3. The van der Waals surface area contributed by atoms with Gasteiger partial charge in [0.2, 0.25) is 0 Å². The van der Waals surface area contributed by atoms with Gasteiger partial charge >= 0.3 is 0 Å². The number of fused-ring (bicyclic) bond motifs is 1. The average Bonchev–Trinajstić information content (AvgIpc) is 2.27. The Kier molecular flexibility index (Phi) is 3.46. The lowest BCUT2D eigenvalue weighted by Gasteiger charge is -2.44. The average molecular weight is 224 g/mol. The lowest BCUT2D eigenvalue weighted by molar-refractivity contribution is -0.0894. The Balaban J connectivity index is 1.51. The molecule has 2 aliphatic heterocycles. The van der Waals surface area contributed by atoms with Gasteiger partial charge in [0.25, 0.3) is 0 Å². The van der Waals surface area contributed by atoms with Gasteiger partial charge in [-0.05, 0) is 44.8 Å². The highest BCUT2D eigenvalue weighted by atomic mass is 16.5. The highest BCUT2D eigenvalue weighted by Gasteiger charge is 2.34. The number of nitrogens with one attached hydrogen (secondary N) is 1. The predicted molar refractivity (Wildman–Crippen MR) is 64.5 cm³/mol. The van der Waals surface area contributed by atoms with Crippen LogP contribution in [0.25, 0.3) is 0 Å². The fraction of sp³-hybridized carbons (Fsp3) is 1.00. The molecule has 1 aliphatic carbocycles. The van der Waals surface area contributed by atoms with Gasteiger partial charge in [-0.1, -0.05) is 12.8 Å². The van der Waals surface area contributed by atoms with Crippen LogP contribution in [0, 0.1) is 5.92 Å². The molecular formula is C13H24N2O. The summed E-state index contributed by atoms with van der Waals surface area (Å²) in [5.41, 5.74) is 0. The van der Waals surface area contributed by atoms with Crippen molar-refractivity contribution in [3.8, 4) is 0 Å². The van der Waals surface area contributed by atoms with Crippen LogP contribution in [0.1, 0.15) is 32.1 Å². The summed E-state index contributed by atoms with van der Waals surface area (Å²) < 4.78 is 5.91. The SMILES string of the molecule is C1CCC2C(C1)OCCN2CCC1CNC1. The summed E-state index contributed by atoms with van der Waals surface area (Å²) in [6, 6.07) is 0.746. The van der Waals surface area contributed by atoms with Gasteiger partial charge in [0.1, 0.15) is 0 Å². The molecule has 2 heterocycles. The van der Waals surface area contributed by atoms with E-state index in [-0.39, 0.29) is 0 Å². The Morgan fingerprint density at radius 2 is 2.06 bits per heavy atom. The zero-order valence-electron chi connectivity index (χ0n) is 10.2. The van der Waals surface area contributed by atoms with E-state index in [2.05, 4.69) is 10.2 Å². The van der Waals surface area contributed by atoms with Gasteiger partial charge in [0, 0.05) is 12.6 Å². The van der Waals surface area contributed by atoms with Crippen LogP contribution in [0.4, 0.5) is 0 Å². The Morgan fingerprint density at radius 3 is 2.88 bits per heavy atom. The Labute approximate surface area is 98.5 Å². The molecule has 2 saturated heterocycles. The van der Waals surface area contributed by atoms with Crippen molar-refractivity contribution in [3.63, 3.8) is 0 Å². The summed E-state index contributed by atoms with van der Waals surface area (Å²) in [7, 11) is 0. The van der Waals surface area contributed by atoms with Crippen LogP contribution in [0.2, 0.25) is 0 Å². The van der Waals surface area contributed by atoms with Gasteiger partial charge in [0.15, 0.2) is 0 Å². The van der Waals surface area contributed by atoms with Crippen LogP contribution in [-0.4, -0.2) is 49.8 Å². The van der Waals surface area contributed by atoms with Crippen molar-refractivity contribution in [2.75, 3.05) is 32.8 Å². The molecule has 0 aromatic rings. The van der Waals surface area contributed by atoms with E-state index in [1.54, 1.807) is 0 Å². The Hall–Kier alpha value is -0.120. The second-order valence-corrected chi connectivity index (χ2v) is 5.61. The molecule has 2 atom stereocenters. The van der Waals surface area contributed by atoms with Gasteiger partial charge < -0.3 is 10.1 Å². The smallest absolute Gasteiger partial charge is 0.0730 e. The first-order valence-corrected chi connectivity index (χ1v) is 7.00. The van der Waals surface area contributed by atoms with Crippen molar-refractivity contribution in [3.05, 3.63) is 0 Å². The maximum atomic E-state index is 5.91.